The van der Waals surface area contributed by atoms with Crippen molar-refractivity contribution in [3.05, 3.63) is 0 Å². The van der Waals surface area contributed by atoms with Gasteiger partial charge in [0.05, 0.1) is 26.4 Å². The van der Waals surface area contributed by atoms with Crippen LogP contribution in [0.3, 0.4) is 0 Å². The zero-order valence-electron chi connectivity index (χ0n) is 33.4. The zero-order valence-corrected chi connectivity index (χ0v) is 33.4. The summed E-state index contributed by atoms with van der Waals surface area (Å²) in [6.45, 7) is 9.80. The van der Waals surface area contributed by atoms with Crippen molar-refractivity contribution in [2.75, 3.05) is 26.4 Å². The first-order valence-electron chi connectivity index (χ1n) is 22.3. The number of hydrogen-bond acceptors (Lipinski definition) is 6. The van der Waals surface area contributed by atoms with Gasteiger partial charge >= 0.3 is 0 Å². The molecular weight excluding hydrogens is 624 g/mol. The van der Waals surface area contributed by atoms with Crippen LogP contribution in [-0.4, -0.2) is 61.4 Å². The first-order valence-corrected chi connectivity index (χ1v) is 22.3. The van der Waals surface area contributed by atoms with Crippen molar-refractivity contribution in [1.29, 1.82) is 0 Å². The molecule has 1 saturated carbocycles. The SMILES string of the molecule is CCCCCCCCC1C(CCCCCCCC(O)OCC2CO2)C1C(CCCCCCCC(O)OCC1CO1)CCCC(C)CCCCC. The van der Waals surface area contributed by atoms with E-state index in [1.165, 1.54) is 154 Å². The number of aliphatic hydroxyl groups excluding tert-OH is 2. The monoisotopic (exact) mass is 709 g/mol. The average molecular weight is 709 g/mol. The van der Waals surface area contributed by atoms with Crippen LogP contribution in [0.4, 0.5) is 0 Å². The molecule has 2 N–H and O–H groups in total. The summed E-state index contributed by atoms with van der Waals surface area (Å²) in [5.74, 6) is 4.74. The van der Waals surface area contributed by atoms with Crippen molar-refractivity contribution in [2.24, 2.45) is 29.6 Å². The summed E-state index contributed by atoms with van der Waals surface area (Å²) in [5, 5.41) is 20.2. The van der Waals surface area contributed by atoms with Crippen molar-refractivity contribution in [3.63, 3.8) is 0 Å². The summed E-state index contributed by atoms with van der Waals surface area (Å²) in [5.41, 5.74) is 0. The van der Waals surface area contributed by atoms with E-state index in [-0.39, 0.29) is 12.2 Å². The van der Waals surface area contributed by atoms with Crippen molar-refractivity contribution in [3.8, 4) is 0 Å². The van der Waals surface area contributed by atoms with Gasteiger partial charge < -0.3 is 29.2 Å². The van der Waals surface area contributed by atoms with Gasteiger partial charge in [0.1, 0.15) is 12.2 Å². The fourth-order valence-corrected chi connectivity index (χ4v) is 8.71. The number of epoxide rings is 2. The molecule has 6 heteroatoms. The second kappa shape index (κ2) is 28.2. The van der Waals surface area contributed by atoms with Crippen LogP contribution < -0.4 is 0 Å². The van der Waals surface area contributed by atoms with E-state index in [1.54, 1.807) is 0 Å². The van der Waals surface area contributed by atoms with E-state index in [0.29, 0.717) is 13.2 Å². The van der Waals surface area contributed by atoms with E-state index in [9.17, 15) is 10.2 Å². The Kier molecular flexibility index (Phi) is 24.9. The van der Waals surface area contributed by atoms with Gasteiger partial charge in [-0.25, -0.2) is 0 Å². The molecule has 6 nitrogen and oxygen atoms in total. The molecule has 3 rings (SSSR count). The number of unbranched alkanes of at least 4 members (excludes halogenated alkanes) is 15. The van der Waals surface area contributed by atoms with Gasteiger partial charge in [-0.1, -0.05) is 162 Å². The third-order valence-corrected chi connectivity index (χ3v) is 12.2. The minimum Gasteiger partial charge on any atom is -0.371 e. The lowest BCUT2D eigenvalue weighted by Gasteiger charge is -2.20. The summed E-state index contributed by atoms with van der Waals surface area (Å²) < 4.78 is 21.4. The summed E-state index contributed by atoms with van der Waals surface area (Å²) in [7, 11) is 0. The molecular formula is C44H84O6. The van der Waals surface area contributed by atoms with E-state index in [2.05, 4.69) is 20.8 Å². The minimum absolute atomic E-state index is 0.225. The first kappa shape index (κ1) is 44.2. The molecule has 1 aliphatic carbocycles. The fraction of sp³-hybridized carbons (Fsp3) is 1.00. The van der Waals surface area contributed by atoms with Crippen LogP contribution in [0.5, 0.6) is 0 Å². The maximum Gasteiger partial charge on any atom is 0.154 e. The largest absolute Gasteiger partial charge is 0.371 e. The second-order valence-corrected chi connectivity index (χ2v) is 16.9. The average Bonchev–Trinajstić information content (AvgIpc) is 3.99. The van der Waals surface area contributed by atoms with E-state index < -0.39 is 12.6 Å². The van der Waals surface area contributed by atoms with Crippen LogP contribution in [0.1, 0.15) is 201 Å². The van der Waals surface area contributed by atoms with Crippen LogP contribution in [0.15, 0.2) is 0 Å². The predicted octanol–water partition coefficient (Wildman–Crippen LogP) is 11.5. The second-order valence-electron chi connectivity index (χ2n) is 16.9. The van der Waals surface area contributed by atoms with Gasteiger partial charge in [-0.05, 0) is 68.1 Å². The summed E-state index contributed by atoms with van der Waals surface area (Å²) in [6.07, 6.45) is 35.9. The smallest absolute Gasteiger partial charge is 0.154 e. The molecule has 0 spiro atoms. The van der Waals surface area contributed by atoms with Crippen LogP contribution >= 0.6 is 0 Å². The molecule has 2 saturated heterocycles. The van der Waals surface area contributed by atoms with Gasteiger partial charge in [0.2, 0.25) is 0 Å². The molecule has 0 bridgehead atoms. The minimum atomic E-state index is -0.622. The number of hydrogen-bond donors (Lipinski definition) is 2. The van der Waals surface area contributed by atoms with Gasteiger partial charge in [0, 0.05) is 0 Å². The molecule has 0 aromatic carbocycles. The third-order valence-electron chi connectivity index (χ3n) is 12.2. The number of rotatable bonds is 38. The molecule has 0 aromatic rings. The lowest BCUT2D eigenvalue weighted by Crippen LogP contribution is -2.15. The van der Waals surface area contributed by atoms with Crippen molar-refractivity contribution in [1.82, 2.24) is 0 Å². The summed E-state index contributed by atoms with van der Waals surface area (Å²) in [4.78, 5) is 0. The Hall–Kier alpha value is -0.240. The van der Waals surface area contributed by atoms with Gasteiger partial charge in [-0.2, -0.15) is 0 Å². The normalized spacial score (nSPS) is 25.0. The molecule has 3 fully saturated rings. The molecule has 0 aromatic heterocycles. The Bertz CT molecular complexity index is 772. The van der Waals surface area contributed by atoms with Gasteiger partial charge in [-0.3, -0.25) is 0 Å². The van der Waals surface area contributed by atoms with Gasteiger partial charge in [0.25, 0.3) is 0 Å². The number of ether oxygens (including phenoxy) is 4. The predicted molar refractivity (Wildman–Crippen MR) is 207 cm³/mol. The summed E-state index contributed by atoms with van der Waals surface area (Å²) >= 11 is 0. The molecule has 296 valence electrons. The van der Waals surface area contributed by atoms with E-state index in [4.69, 9.17) is 18.9 Å². The third kappa shape index (κ3) is 22.1. The Morgan fingerprint density at radius 3 is 1.38 bits per heavy atom. The molecule has 9 atom stereocenters. The van der Waals surface area contributed by atoms with Crippen LogP contribution in [0.25, 0.3) is 0 Å². The highest BCUT2D eigenvalue weighted by Gasteiger charge is 2.51. The van der Waals surface area contributed by atoms with Crippen molar-refractivity contribution < 1.29 is 29.2 Å². The lowest BCUT2D eigenvalue weighted by molar-refractivity contribution is -0.108. The maximum atomic E-state index is 10.1. The van der Waals surface area contributed by atoms with E-state index in [0.717, 1.165) is 68.5 Å². The molecule has 9 unspecified atom stereocenters. The molecule has 50 heavy (non-hydrogen) atoms. The van der Waals surface area contributed by atoms with E-state index in [1.807, 2.05) is 0 Å². The van der Waals surface area contributed by atoms with Crippen molar-refractivity contribution >= 4 is 0 Å². The maximum absolute atomic E-state index is 10.1. The standard InChI is InChI=1S/C44H84O6/c1-4-6-8-9-13-19-28-40-41(29-20-14-11-16-22-31-43(46)50-35-39-33-48-39)44(40)37(27-23-25-36(3)24-17-7-5-2)26-18-12-10-15-21-30-42(45)49-34-38-32-47-38/h36-46H,4-35H2,1-3H3. The molecule has 0 amide bonds. The van der Waals surface area contributed by atoms with Crippen molar-refractivity contribution in [2.45, 2.75) is 225 Å². The highest BCUT2D eigenvalue weighted by atomic mass is 16.6. The van der Waals surface area contributed by atoms with Crippen LogP contribution in [-0.2, 0) is 18.9 Å². The molecule has 0 radical (unpaired) electrons. The van der Waals surface area contributed by atoms with E-state index >= 15 is 0 Å². The van der Waals surface area contributed by atoms with Gasteiger partial charge in [-0.15, -0.1) is 0 Å². The Labute approximate surface area is 309 Å². The first-order chi connectivity index (χ1) is 24.5. The highest BCUT2D eigenvalue weighted by Crippen LogP contribution is 2.58. The zero-order chi connectivity index (χ0) is 35.7. The topological polar surface area (TPSA) is 84.0 Å². The Morgan fingerprint density at radius 1 is 0.500 bits per heavy atom. The lowest BCUT2D eigenvalue weighted by atomic mass is 9.86. The fourth-order valence-electron chi connectivity index (χ4n) is 8.71. The molecule has 2 heterocycles. The molecule has 3 aliphatic rings. The van der Waals surface area contributed by atoms with Crippen LogP contribution in [0, 0.1) is 29.6 Å². The number of aliphatic hydroxyl groups is 2. The highest BCUT2D eigenvalue weighted by molar-refractivity contribution is 5.00. The Balaban J connectivity index is 1.40. The van der Waals surface area contributed by atoms with Gasteiger partial charge in [0.15, 0.2) is 12.6 Å². The molecule has 2 aliphatic heterocycles. The quantitative estimate of drug-likeness (QED) is 0.0377. The van der Waals surface area contributed by atoms with Crippen LogP contribution in [0.2, 0.25) is 0 Å². The Morgan fingerprint density at radius 2 is 0.880 bits per heavy atom. The summed E-state index contributed by atoms with van der Waals surface area (Å²) in [6, 6.07) is 0.